The zero-order valence-corrected chi connectivity index (χ0v) is 17.4. The molecule has 1 aliphatic rings. The van der Waals surface area contributed by atoms with Crippen LogP contribution in [0.4, 0.5) is 0 Å². The predicted molar refractivity (Wildman–Crippen MR) is 112 cm³/mol. The number of methoxy groups -OCH3 is 2. The minimum atomic E-state index is -0.0450. The van der Waals surface area contributed by atoms with Crippen LogP contribution in [0.3, 0.4) is 0 Å². The molecular weight excluding hydrogens is 390 g/mol. The first kappa shape index (κ1) is 19.5. The maximum Gasteiger partial charge on any atom is 0.256 e. The number of rotatable bonds is 6. The average Bonchev–Trinajstić information content (AvgIpc) is 3.21. The van der Waals surface area contributed by atoms with Gasteiger partial charge in [-0.3, -0.25) is 14.8 Å². The van der Waals surface area contributed by atoms with Crippen LogP contribution in [0.2, 0.25) is 0 Å². The van der Waals surface area contributed by atoms with Crippen LogP contribution in [0.25, 0.3) is 11.3 Å². The average molecular weight is 414 g/mol. The van der Waals surface area contributed by atoms with Gasteiger partial charge >= 0.3 is 0 Å². The summed E-state index contributed by atoms with van der Waals surface area (Å²) in [5.41, 5.74) is 4.58. The Morgan fingerprint density at radius 2 is 2.07 bits per heavy atom. The third kappa shape index (κ3) is 3.88. The zero-order valence-electron chi connectivity index (χ0n) is 16.6. The molecule has 0 saturated carbocycles. The highest BCUT2D eigenvalue weighted by Gasteiger charge is 2.22. The molecule has 0 amide bonds. The number of H-pyrrole nitrogens is 2. The molecule has 1 aliphatic heterocycles. The van der Waals surface area contributed by atoms with Gasteiger partial charge in [0, 0.05) is 37.2 Å². The second-order valence-electron chi connectivity index (χ2n) is 6.80. The molecule has 0 aliphatic carbocycles. The molecule has 3 aromatic rings. The number of aromatic amines is 2. The zero-order chi connectivity index (χ0) is 20.4. The molecule has 0 bridgehead atoms. The number of nitrogens with one attached hydrogen (secondary N) is 2. The summed E-state index contributed by atoms with van der Waals surface area (Å²) in [7, 11) is 3.24. The van der Waals surface area contributed by atoms with Gasteiger partial charge in [-0.05, 0) is 24.5 Å². The first-order valence-corrected chi connectivity index (χ1v) is 10.5. The van der Waals surface area contributed by atoms with Crippen molar-refractivity contribution in [1.29, 1.82) is 0 Å². The predicted octanol–water partition coefficient (Wildman–Crippen LogP) is 2.46. The van der Waals surface area contributed by atoms with Crippen LogP contribution in [-0.2, 0) is 19.5 Å². The van der Waals surface area contributed by atoms with Gasteiger partial charge in [0.05, 0.1) is 37.4 Å². The summed E-state index contributed by atoms with van der Waals surface area (Å²) in [6.07, 6.45) is 4.51. The van der Waals surface area contributed by atoms with Gasteiger partial charge in [-0.1, -0.05) is 11.8 Å². The van der Waals surface area contributed by atoms with Gasteiger partial charge in [0.25, 0.3) is 5.56 Å². The Labute approximate surface area is 172 Å². The van der Waals surface area contributed by atoms with Gasteiger partial charge in [-0.2, -0.15) is 5.10 Å². The first-order valence-electron chi connectivity index (χ1n) is 9.26. The van der Waals surface area contributed by atoms with E-state index in [2.05, 4.69) is 25.1 Å². The Bertz CT molecular complexity index is 1080. The fourth-order valence-electron chi connectivity index (χ4n) is 3.60. The lowest BCUT2D eigenvalue weighted by atomic mass is 10.0. The number of aromatic nitrogens is 4. The Morgan fingerprint density at radius 1 is 1.24 bits per heavy atom. The normalized spacial score (nSPS) is 13.9. The van der Waals surface area contributed by atoms with Crippen molar-refractivity contribution in [2.24, 2.45) is 0 Å². The number of nitrogens with zero attached hydrogens (tertiary/aromatic N) is 3. The summed E-state index contributed by atoms with van der Waals surface area (Å²) in [4.78, 5) is 22.1. The van der Waals surface area contributed by atoms with E-state index in [9.17, 15) is 4.79 Å². The lowest BCUT2D eigenvalue weighted by Gasteiger charge is -2.27. The van der Waals surface area contributed by atoms with Crippen molar-refractivity contribution in [3.8, 4) is 22.8 Å². The van der Waals surface area contributed by atoms with Crippen LogP contribution in [-0.4, -0.2) is 52.1 Å². The Kier molecular flexibility index (Phi) is 5.59. The number of thioether (sulfide) groups is 1. The smallest absolute Gasteiger partial charge is 0.256 e. The van der Waals surface area contributed by atoms with Crippen molar-refractivity contribution in [3.05, 3.63) is 51.6 Å². The monoisotopic (exact) mass is 413 g/mol. The minimum Gasteiger partial charge on any atom is -0.493 e. The SMILES string of the molecule is COc1ccc(-c2[nH]ncc2CN2CCc3nc(SC)[nH]c(=O)c3C2)cc1OC. The van der Waals surface area contributed by atoms with Crippen LogP contribution < -0.4 is 15.0 Å². The molecule has 3 heterocycles. The van der Waals surface area contributed by atoms with Crippen molar-refractivity contribution in [1.82, 2.24) is 25.1 Å². The van der Waals surface area contributed by atoms with E-state index in [1.165, 1.54) is 11.8 Å². The van der Waals surface area contributed by atoms with E-state index in [1.807, 2.05) is 30.7 Å². The Hall–Kier alpha value is -2.78. The molecular formula is C20H23N5O3S. The molecule has 4 rings (SSSR count). The van der Waals surface area contributed by atoms with Gasteiger partial charge in [0.2, 0.25) is 0 Å². The number of benzene rings is 1. The Morgan fingerprint density at radius 3 is 2.83 bits per heavy atom. The fraction of sp³-hybridized carbons (Fsp3) is 0.350. The van der Waals surface area contributed by atoms with Gasteiger partial charge < -0.3 is 14.5 Å². The van der Waals surface area contributed by atoms with E-state index in [-0.39, 0.29) is 5.56 Å². The molecule has 2 N–H and O–H groups in total. The van der Waals surface area contributed by atoms with Gasteiger partial charge in [-0.15, -0.1) is 0 Å². The second kappa shape index (κ2) is 8.30. The van der Waals surface area contributed by atoms with Crippen molar-refractivity contribution in [2.75, 3.05) is 27.0 Å². The van der Waals surface area contributed by atoms with E-state index in [4.69, 9.17) is 9.47 Å². The molecule has 0 unspecified atom stereocenters. The summed E-state index contributed by atoms with van der Waals surface area (Å²) >= 11 is 1.45. The highest BCUT2D eigenvalue weighted by molar-refractivity contribution is 7.98. The minimum absolute atomic E-state index is 0.0450. The largest absolute Gasteiger partial charge is 0.493 e. The van der Waals surface area contributed by atoms with Gasteiger partial charge in [0.1, 0.15) is 0 Å². The number of hydrogen-bond donors (Lipinski definition) is 2. The highest BCUT2D eigenvalue weighted by atomic mass is 32.2. The molecule has 1 aromatic carbocycles. The summed E-state index contributed by atoms with van der Waals surface area (Å²) in [6, 6.07) is 5.78. The van der Waals surface area contributed by atoms with Crippen LogP contribution in [0, 0.1) is 0 Å². The van der Waals surface area contributed by atoms with E-state index in [0.29, 0.717) is 29.7 Å². The van der Waals surface area contributed by atoms with E-state index in [0.717, 1.165) is 41.0 Å². The molecule has 2 aromatic heterocycles. The third-order valence-electron chi connectivity index (χ3n) is 5.10. The summed E-state index contributed by atoms with van der Waals surface area (Å²) in [5, 5.41) is 8.00. The summed E-state index contributed by atoms with van der Waals surface area (Å²) in [6.45, 7) is 2.10. The molecule has 0 saturated heterocycles. The molecule has 0 fully saturated rings. The van der Waals surface area contributed by atoms with Crippen LogP contribution >= 0.6 is 11.8 Å². The summed E-state index contributed by atoms with van der Waals surface area (Å²) in [5.74, 6) is 1.35. The fourth-order valence-corrected chi connectivity index (χ4v) is 4.00. The van der Waals surface area contributed by atoms with Crippen molar-refractivity contribution < 1.29 is 9.47 Å². The van der Waals surface area contributed by atoms with Gasteiger partial charge in [0.15, 0.2) is 16.7 Å². The maximum absolute atomic E-state index is 12.4. The van der Waals surface area contributed by atoms with Crippen LogP contribution in [0.5, 0.6) is 11.5 Å². The molecule has 29 heavy (non-hydrogen) atoms. The van der Waals surface area contributed by atoms with E-state index >= 15 is 0 Å². The molecule has 9 heteroatoms. The molecule has 8 nitrogen and oxygen atoms in total. The van der Waals surface area contributed by atoms with Crippen molar-refractivity contribution in [3.63, 3.8) is 0 Å². The molecule has 152 valence electrons. The number of ether oxygens (including phenoxy) is 2. The third-order valence-corrected chi connectivity index (χ3v) is 5.68. The molecule has 0 spiro atoms. The highest BCUT2D eigenvalue weighted by Crippen LogP contribution is 2.33. The topological polar surface area (TPSA) is 96.1 Å². The molecule has 0 radical (unpaired) electrons. The van der Waals surface area contributed by atoms with Crippen molar-refractivity contribution >= 4 is 11.8 Å². The summed E-state index contributed by atoms with van der Waals surface area (Å²) < 4.78 is 10.7. The van der Waals surface area contributed by atoms with Crippen LogP contribution in [0.1, 0.15) is 16.8 Å². The Balaban J connectivity index is 1.57. The lowest BCUT2D eigenvalue weighted by Crippen LogP contribution is -2.35. The number of fused-ring (bicyclic) bond motifs is 1. The molecule has 0 atom stereocenters. The van der Waals surface area contributed by atoms with E-state index < -0.39 is 0 Å². The quantitative estimate of drug-likeness (QED) is 0.473. The first-order chi connectivity index (χ1) is 14.1. The van der Waals surface area contributed by atoms with Crippen LogP contribution in [0.15, 0.2) is 34.3 Å². The maximum atomic E-state index is 12.4. The van der Waals surface area contributed by atoms with E-state index in [1.54, 1.807) is 14.2 Å². The van der Waals surface area contributed by atoms with Gasteiger partial charge in [-0.25, -0.2) is 4.98 Å². The standard InChI is InChI=1S/C20H23N5O3S/c1-27-16-5-4-12(8-17(16)28-2)18-13(9-21-24-18)10-25-7-6-15-14(11-25)19(26)23-20(22-15)29-3/h4-5,8-9H,6-7,10-11H2,1-3H3,(H,21,24)(H,22,23,26). The lowest BCUT2D eigenvalue weighted by molar-refractivity contribution is 0.241. The van der Waals surface area contributed by atoms with Crippen molar-refractivity contribution in [2.45, 2.75) is 24.7 Å². The second-order valence-corrected chi connectivity index (χ2v) is 7.60. The number of hydrogen-bond acceptors (Lipinski definition) is 7.